The summed E-state index contributed by atoms with van der Waals surface area (Å²) < 4.78 is 0. The monoisotopic (exact) mass is 176 g/mol. The summed E-state index contributed by atoms with van der Waals surface area (Å²) in [7, 11) is 0. The molecule has 2 rings (SSSR count). The van der Waals surface area contributed by atoms with Crippen LogP contribution in [0.2, 0.25) is 0 Å². The zero-order valence-electron chi connectivity index (χ0n) is 7.49. The number of hydrazone groups is 1. The van der Waals surface area contributed by atoms with E-state index in [1.165, 1.54) is 0 Å². The Hall–Kier alpha value is -1.51. The number of phenols is 1. The van der Waals surface area contributed by atoms with Crippen LogP contribution >= 0.6 is 0 Å². The van der Waals surface area contributed by atoms with Crippen LogP contribution in [-0.4, -0.2) is 10.8 Å². The van der Waals surface area contributed by atoms with Gasteiger partial charge >= 0.3 is 0 Å². The van der Waals surface area contributed by atoms with Crippen molar-refractivity contribution in [3.05, 3.63) is 29.8 Å². The number of para-hydroxylation sites is 1. The van der Waals surface area contributed by atoms with E-state index in [-0.39, 0.29) is 6.04 Å². The van der Waals surface area contributed by atoms with Crippen molar-refractivity contribution < 1.29 is 5.11 Å². The van der Waals surface area contributed by atoms with Crippen LogP contribution in [-0.2, 0) is 0 Å². The van der Waals surface area contributed by atoms with E-state index in [1.807, 2.05) is 25.1 Å². The predicted octanol–water partition coefficient (Wildman–Crippen LogP) is 1.80. The Bertz CT molecular complexity index is 347. The minimum atomic E-state index is 0.140. The van der Waals surface area contributed by atoms with Crippen LogP contribution in [0.15, 0.2) is 29.4 Å². The summed E-state index contributed by atoms with van der Waals surface area (Å²) in [6, 6.07) is 7.50. The molecule has 1 aliphatic rings. The van der Waals surface area contributed by atoms with Gasteiger partial charge in [0.25, 0.3) is 0 Å². The normalized spacial score (nSPS) is 21.0. The molecule has 0 saturated carbocycles. The van der Waals surface area contributed by atoms with Crippen molar-refractivity contribution in [1.29, 1.82) is 0 Å². The number of aromatic hydroxyl groups is 1. The fourth-order valence-corrected chi connectivity index (χ4v) is 1.54. The zero-order valence-corrected chi connectivity index (χ0v) is 7.49. The van der Waals surface area contributed by atoms with E-state index in [0.29, 0.717) is 5.75 Å². The summed E-state index contributed by atoms with van der Waals surface area (Å²) in [6.45, 7) is 1.98. The van der Waals surface area contributed by atoms with Gasteiger partial charge in [-0.3, -0.25) is 0 Å². The molecule has 2 N–H and O–H groups in total. The summed E-state index contributed by atoms with van der Waals surface area (Å²) in [6.07, 6.45) is 0.873. The quantitative estimate of drug-likeness (QED) is 0.685. The van der Waals surface area contributed by atoms with Gasteiger partial charge in [0.1, 0.15) is 5.75 Å². The summed E-state index contributed by atoms with van der Waals surface area (Å²) in [5, 5.41) is 13.7. The summed E-state index contributed by atoms with van der Waals surface area (Å²) in [5.74, 6) is 0.338. The Morgan fingerprint density at radius 2 is 2.23 bits per heavy atom. The van der Waals surface area contributed by atoms with Crippen molar-refractivity contribution >= 4 is 5.71 Å². The number of phenolic OH excluding ortho intramolecular Hbond substituents is 1. The first-order valence-corrected chi connectivity index (χ1v) is 4.34. The Morgan fingerprint density at radius 3 is 2.85 bits per heavy atom. The molecular weight excluding hydrogens is 164 g/mol. The van der Waals surface area contributed by atoms with Gasteiger partial charge in [-0.2, -0.15) is 5.10 Å². The van der Waals surface area contributed by atoms with Crippen molar-refractivity contribution in [1.82, 2.24) is 5.43 Å². The standard InChI is InChI=1S/C10H12N2O/c1-7-6-9(12-11-7)8-4-2-3-5-10(8)13/h2-5,9,12-13H,6H2,1H3/t9-/m1/s1. The van der Waals surface area contributed by atoms with E-state index < -0.39 is 0 Å². The Morgan fingerprint density at radius 1 is 1.46 bits per heavy atom. The fraction of sp³-hybridized carbons (Fsp3) is 0.300. The molecule has 0 amide bonds. The van der Waals surface area contributed by atoms with Crippen LogP contribution in [0.1, 0.15) is 24.9 Å². The molecule has 1 atom stereocenters. The molecular formula is C10H12N2O. The van der Waals surface area contributed by atoms with E-state index in [0.717, 1.165) is 17.7 Å². The highest BCUT2D eigenvalue weighted by molar-refractivity contribution is 5.83. The van der Waals surface area contributed by atoms with E-state index in [9.17, 15) is 5.11 Å². The van der Waals surface area contributed by atoms with Gasteiger partial charge in [0, 0.05) is 17.7 Å². The van der Waals surface area contributed by atoms with E-state index in [4.69, 9.17) is 0 Å². The van der Waals surface area contributed by atoms with Crippen molar-refractivity contribution in [3.63, 3.8) is 0 Å². The lowest BCUT2D eigenvalue weighted by atomic mass is 10.0. The lowest BCUT2D eigenvalue weighted by Crippen LogP contribution is -2.09. The minimum absolute atomic E-state index is 0.140. The molecule has 3 nitrogen and oxygen atoms in total. The highest BCUT2D eigenvalue weighted by Gasteiger charge is 2.19. The third-order valence-corrected chi connectivity index (χ3v) is 2.22. The summed E-state index contributed by atoms with van der Waals surface area (Å²) in [5.41, 5.74) is 4.99. The number of hydrogen-bond acceptors (Lipinski definition) is 3. The second kappa shape index (κ2) is 3.09. The average molecular weight is 176 g/mol. The van der Waals surface area contributed by atoms with Crippen LogP contribution in [0.4, 0.5) is 0 Å². The highest BCUT2D eigenvalue weighted by Crippen LogP contribution is 2.28. The number of nitrogens with zero attached hydrogens (tertiary/aromatic N) is 1. The molecule has 0 saturated heterocycles. The first kappa shape index (κ1) is 8.10. The van der Waals surface area contributed by atoms with Crippen molar-refractivity contribution in [2.24, 2.45) is 5.10 Å². The van der Waals surface area contributed by atoms with Crippen LogP contribution in [0, 0.1) is 0 Å². The number of hydrogen-bond donors (Lipinski definition) is 2. The molecule has 1 aliphatic heterocycles. The second-order valence-electron chi connectivity index (χ2n) is 3.29. The summed E-state index contributed by atoms with van der Waals surface area (Å²) in [4.78, 5) is 0. The Balaban J connectivity index is 2.23. The molecule has 13 heavy (non-hydrogen) atoms. The Kier molecular flexibility index (Phi) is 1.93. The van der Waals surface area contributed by atoms with Crippen LogP contribution in [0.25, 0.3) is 0 Å². The molecule has 0 unspecified atom stereocenters. The second-order valence-corrected chi connectivity index (χ2v) is 3.29. The third kappa shape index (κ3) is 1.49. The largest absolute Gasteiger partial charge is 0.508 e. The van der Waals surface area contributed by atoms with E-state index in [1.54, 1.807) is 6.07 Å². The van der Waals surface area contributed by atoms with Gasteiger partial charge in [0.2, 0.25) is 0 Å². The minimum Gasteiger partial charge on any atom is -0.508 e. The predicted molar refractivity (Wildman–Crippen MR) is 51.7 cm³/mol. The molecule has 0 aromatic heterocycles. The van der Waals surface area contributed by atoms with Crippen molar-refractivity contribution in [2.45, 2.75) is 19.4 Å². The molecule has 1 heterocycles. The van der Waals surface area contributed by atoms with Gasteiger partial charge < -0.3 is 10.5 Å². The maximum atomic E-state index is 9.57. The maximum absolute atomic E-state index is 9.57. The topological polar surface area (TPSA) is 44.6 Å². The first-order chi connectivity index (χ1) is 6.27. The molecule has 3 heteroatoms. The lowest BCUT2D eigenvalue weighted by molar-refractivity contribution is 0.455. The third-order valence-electron chi connectivity index (χ3n) is 2.22. The number of benzene rings is 1. The smallest absolute Gasteiger partial charge is 0.120 e. The maximum Gasteiger partial charge on any atom is 0.120 e. The van der Waals surface area contributed by atoms with Crippen molar-refractivity contribution in [2.75, 3.05) is 0 Å². The van der Waals surface area contributed by atoms with Gasteiger partial charge in [-0.25, -0.2) is 0 Å². The lowest BCUT2D eigenvalue weighted by Gasteiger charge is -2.11. The van der Waals surface area contributed by atoms with Gasteiger partial charge in [0.15, 0.2) is 0 Å². The first-order valence-electron chi connectivity index (χ1n) is 4.34. The molecule has 0 spiro atoms. The Labute approximate surface area is 77.1 Å². The van der Waals surface area contributed by atoms with Crippen LogP contribution in [0.5, 0.6) is 5.75 Å². The summed E-state index contributed by atoms with van der Waals surface area (Å²) >= 11 is 0. The van der Waals surface area contributed by atoms with Crippen molar-refractivity contribution in [3.8, 4) is 5.75 Å². The molecule has 0 bridgehead atoms. The highest BCUT2D eigenvalue weighted by atomic mass is 16.3. The fourth-order valence-electron chi connectivity index (χ4n) is 1.54. The number of nitrogens with one attached hydrogen (secondary N) is 1. The molecule has 0 aliphatic carbocycles. The molecule has 1 aromatic carbocycles. The van der Waals surface area contributed by atoms with Gasteiger partial charge in [-0.15, -0.1) is 0 Å². The molecule has 68 valence electrons. The van der Waals surface area contributed by atoms with Crippen LogP contribution in [0.3, 0.4) is 0 Å². The van der Waals surface area contributed by atoms with Gasteiger partial charge in [-0.05, 0) is 13.0 Å². The average Bonchev–Trinajstić information content (AvgIpc) is 2.53. The zero-order chi connectivity index (χ0) is 9.26. The SMILES string of the molecule is CC1=NN[C@@H](c2ccccc2O)C1. The molecule has 1 aromatic rings. The van der Waals surface area contributed by atoms with E-state index >= 15 is 0 Å². The molecule has 0 radical (unpaired) electrons. The number of rotatable bonds is 1. The van der Waals surface area contributed by atoms with Gasteiger partial charge in [-0.1, -0.05) is 18.2 Å². The van der Waals surface area contributed by atoms with E-state index in [2.05, 4.69) is 10.5 Å². The molecule has 0 fully saturated rings. The van der Waals surface area contributed by atoms with Crippen LogP contribution < -0.4 is 5.43 Å². The van der Waals surface area contributed by atoms with Gasteiger partial charge in [0.05, 0.1) is 6.04 Å².